The molecule has 0 bridgehead atoms. The van der Waals surface area contributed by atoms with Crippen LogP contribution < -0.4 is 10.6 Å². The maximum absolute atomic E-state index is 11.2. The van der Waals surface area contributed by atoms with E-state index >= 15 is 0 Å². The second-order valence-corrected chi connectivity index (χ2v) is 4.66. The summed E-state index contributed by atoms with van der Waals surface area (Å²) in [7, 11) is 0. The molecule has 0 heterocycles. The van der Waals surface area contributed by atoms with Crippen LogP contribution in [0.3, 0.4) is 0 Å². The highest BCUT2D eigenvalue weighted by molar-refractivity contribution is 5.76. The van der Waals surface area contributed by atoms with E-state index < -0.39 is 0 Å². The normalized spacial score (nSPS) is 10.4. The third-order valence-electron chi connectivity index (χ3n) is 2.48. The number of nitro benzene ring substituents is 1. The minimum absolute atomic E-state index is 0.131. The van der Waals surface area contributed by atoms with Gasteiger partial charge in [0, 0.05) is 13.1 Å². The Labute approximate surface area is 108 Å². The minimum atomic E-state index is -0.333. The molecule has 100 valence electrons. The fraction of sp³-hybridized carbons (Fsp3) is 0.538. The Bertz CT molecular complexity index is 405. The van der Waals surface area contributed by atoms with Gasteiger partial charge in [-0.15, -0.1) is 0 Å². The summed E-state index contributed by atoms with van der Waals surface area (Å²) in [4.78, 5) is 10.8. The third kappa shape index (κ3) is 3.91. The van der Waals surface area contributed by atoms with Crippen molar-refractivity contribution >= 4 is 17.1 Å². The Kier molecular flexibility index (Phi) is 5.42. The molecule has 0 radical (unpaired) electrons. The maximum atomic E-state index is 11.2. The van der Waals surface area contributed by atoms with Gasteiger partial charge in [-0.2, -0.15) is 0 Å². The molecular formula is C13H21N3O2. The number of hydrogen-bond acceptors (Lipinski definition) is 4. The van der Waals surface area contributed by atoms with Crippen molar-refractivity contribution in [1.82, 2.24) is 0 Å². The lowest BCUT2D eigenvalue weighted by atomic mass is 10.2. The summed E-state index contributed by atoms with van der Waals surface area (Å²) >= 11 is 0. The molecule has 0 saturated heterocycles. The van der Waals surface area contributed by atoms with Crippen molar-refractivity contribution < 1.29 is 4.92 Å². The zero-order valence-electron chi connectivity index (χ0n) is 11.2. The highest BCUT2D eigenvalue weighted by Crippen LogP contribution is 2.32. The molecule has 0 aliphatic heterocycles. The van der Waals surface area contributed by atoms with Gasteiger partial charge < -0.3 is 10.6 Å². The number of para-hydroxylation sites is 1. The van der Waals surface area contributed by atoms with Gasteiger partial charge in [-0.3, -0.25) is 10.1 Å². The largest absolute Gasteiger partial charge is 0.379 e. The van der Waals surface area contributed by atoms with Gasteiger partial charge >= 0.3 is 5.69 Å². The van der Waals surface area contributed by atoms with Crippen molar-refractivity contribution in [3.05, 3.63) is 28.3 Å². The monoisotopic (exact) mass is 251 g/mol. The summed E-state index contributed by atoms with van der Waals surface area (Å²) in [6.45, 7) is 7.61. The molecule has 0 amide bonds. The smallest absolute Gasteiger partial charge is 0.315 e. The summed E-state index contributed by atoms with van der Waals surface area (Å²) < 4.78 is 0. The number of nitrogens with one attached hydrogen (secondary N) is 2. The molecule has 0 fully saturated rings. The summed E-state index contributed by atoms with van der Waals surface area (Å²) in [6.07, 6.45) is 0.931. The Hall–Kier alpha value is -1.78. The SMILES string of the molecule is CCCNc1cccc(NCC(C)C)c1[N+](=O)[O-]. The predicted octanol–water partition coefficient (Wildman–Crippen LogP) is 3.48. The van der Waals surface area contributed by atoms with Crippen molar-refractivity contribution in [2.45, 2.75) is 27.2 Å². The molecular weight excluding hydrogens is 230 g/mol. The molecule has 0 saturated carbocycles. The molecule has 0 aromatic heterocycles. The molecule has 0 unspecified atom stereocenters. The van der Waals surface area contributed by atoms with E-state index in [9.17, 15) is 10.1 Å². The van der Waals surface area contributed by atoms with Crippen LogP contribution in [0.1, 0.15) is 27.2 Å². The minimum Gasteiger partial charge on any atom is -0.379 e. The van der Waals surface area contributed by atoms with Gasteiger partial charge in [-0.05, 0) is 24.5 Å². The highest BCUT2D eigenvalue weighted by atomic mass is 16.6. The second kappa shape index (κ2) is 6.83. The molecule has 0 spiro atoms. The van der Waals surface area contributed by atoms with Crippen molar-refractivity contribution in [3.8, 4) is 0 Å². The molecule has 0 atom stereocenters. The van der Waals surface area contributed by atoms with Gasteiger partial charge in [0.2, 0.25) is 0 Å². The van der Waals surface area contributed by atoms with Gasteiger partial charge in [0.1, 0.15) is 11.4 Å². The lowest BCUT2D eigenvalue weighted by Gasteiger charge is -2.12. The first-order valence-electron chi connectivity index (χ1n) is 6.31. The topological polar surface area (TPSA) is 67.2 Å². The molecule has 1 rings (SSSR count). The number of rotatable bonds is 7. The van der Waals surface area contributed by atoms with Crippen molar-refractivity contribution in [3.63, 3.8) is 0 Å². The van der Waals surface area contributed by atoms with Gasteiger partial charge in [-0.25, -0.2) is 0 Å². The Morgan fingerprint density at radius 1 is 1.28 bits per heavy atom. The lowest BCUT2D eigenvalue weighted by Crippen LogP contribution is -2.11. The zero-order valence-corrected chi connectivity index (χ0v) is 11.2. The van der Waals surface area contributed by atoms with Crippen LogP contribution in [0.25, 0.3) is 0 Å². The Balaban J connectivity index is 2.97. The van der Waals surface area contributed by atoms with Crippen LogP contribution in [-0.2, 0) is 0 Å². The van der Waals surface area contributed by atoms with Gasteiger partial charge in [0.15, 0.2) is 0 Å². The fourth-order valence-electron chi connectivity index (χ4n) is 1.60. The van der Waals surface area contributed by atoms with Crippen LogP contribution in [0.5, 0.6) is 0 Å². The molecule has 0 aliphatic rings. The number of hydrogen-bond donors (Lipinski definition) is 2. The molecule has 0 aliphatic carbocycles. The van der Waals surface area contributed by atoms with Gasteiger partial charge in [0.25, 0.3) is 0 Å². The molecule has 2 N–H and O–H groups in total. The quantitative estimate of drug-likeness (QED) is 0.575. The Morgan fingerprint density at radius 3 is 2.39 bits per heavy atom. The zero-order chi connectivity index (χ0) is 13.5. The van der Waals surface area contributed by atoms with Crippen LogP contribution in [0.2, 0.25) is 0 Å². The highest BCUT2D eigenvalue weighted by Gasteiger charge is 2.19. The second-order valence-electron chi connectivity index (χ2n) is 4.66. The van der Waals surface area contributed by atoms with Crippen LogP contribution in [0.4, 0.5) is 17.1 Å². The number of benzene rings is 1. The standard InChI is InChI=1S/C13H21N3O2/c1-4-8-14-11-6-5-7-12(13(11)16(17)18)15-9-10(2)3/h5-7,10,14-15H,4,8-9H2,1-3H3. The van der Waals surface area contributed by atoms with Crippen LogP contribution in [0.15, 0.2) is 18.2 Å². The summed E-state index contributed by atoms with van der Waals surface area (Å²) in [5.74, 6) is 0.442. The summed E-state index contributed by atoms with van der Waals surface area (Å²) in [5.41, 5.74) is 1.29. The van der Waals surface area contributed by atoms with E-state index in [0.29, 0.717) is 17.3 Å². The van der Waals surface area contributed by atoms with E-state index in [1.165, 1.54) is 0 Å². The average molecular weight is 251 g/mol. The average Bonchev–Trinajstić information content (AvgIpc) is 2.33. The first-order valence-corrected chi connectivity index (χ1v) is 6.31. The van der Waals surface area contributed by atoms with Crippen molar-refractivity contribution in [2.24, 2.45) is 5.92 Å². The summed E-state index contributed by atoms with van der Waals surface area (Å²) in [6, 6.07) is 5.32. The fourth-order valence-corrected chi connectivity index (χ4v) is 1.60. The van der Waals surface area contributed by atoms with E-state index in [4.69, 9.17) is 0 Å². The number of anilines is 2. The van der Waals surface area contributed by atoms with Crippen LogP contribution in [-0.4, -0.2) is 18.0 Å². The molecule has 1 aromatic carbocycles. The predicted molar refractivity (Wildman–Crippen MR) is 75.2 cm³/mol. The molecule has 18 heavy (non-hydrogen) atoms. The van der Waals surface area contributed by atoms with E-state index in [0.717, 1.165) is 19.5 Å². The van der Waals surface area contributed by atoms with Crippen molar-refractivity contribution in [1.29, 1.82) is 0 Å². The van der Waals surface area contributed by atoms with Crippen LogP contribution in [0, 0.1) is 16.0 Å². The molecule has 5 heteroatoms. The number of nitro groups is 1. The molecule has 5 nitrogen and oxygen atoms in total. The van der Waals surface area contributed by atoms with E-state index in [-0.39, 0.29) is 10.6 Å². The summed E-state index contributed by atoms with van der Waals surface area (Å²) in [5, 5.41) is 17.4. The van der Waals surface area contributed by atoms with Gasteiger partial charge in [0.05, 0.1) is 4.92 Å². The Morgan fingerprint density at radius 2 is 1.89 bits per heavy atom. The maximum Gasteiger partial charge on any atom is 0.315 e. The van der Waals surface area contributed by atoms with Crippen LogP contribution >= 0.6 is 0 Å². The first kappa shape index (κ1) is 14.3. The first-order chi connectivity index (χ1) is 8.56. The number of nitrogens with zero attached hydrogens (tertiary/aromatic N) is 1. The lowest BCUT2D eigenvalue weighted by molar-refractivity contribution is -0.383. The third-order valence-corrected chi connectivity index (χ3v) is 2.48. The van der Waals surface area contributed by atoms with E-state index in [1.54, 1.807) is 12.1 Å². The van der Waals surface area contributed by atoms with Gasteiger partial charge in [-0.1, -0.05) is 26.8 Å². The molecule has 1 aromatic rings. The van der Waals surface area contributed by atoms with E-state index in [2.05, 4.69) is 24.5 Å². The van der Waals surface area contributed by atoms with E-state index in [1.807, 2.05) is 13.0 Å². The van der Waals surface area contributed by atoms with Crippen molar-refractivity contribution in [2.75, 3.05) is 23.7 Å².